The van der Waals surface area contributed by atoms with E-state index in [4.69, 9.17) is 10.5 Å². The number of hydrogen-bond acceptors (Lipinski definition) is 3. The molecule has 0 aromatic heterocycles. The van der Waals surface area contributed by atoms with Gasteiger partial charge in [0.25, 0.3) is 0 Å². The molecule has 1 spiro atoms. The molecule has 0 atom stereocenters. The molecule has 1 heterocycles. The molecule has 2 N–H and O–H groups in total. The second-order valence-electron chi connectivity index (χ2n) is 5.29. The fourth-order valence-corrected chi connectivity index (χ4v) is 2.97. The van der Waals surface area contributed by atoms with Crippen molar-refractivity contribution in [1.29, 1.82) is 0 Å². The summed E-state index contributed by atoms with van der Waals surface area (Å²) in [6.45, 7) is 0.662. The van der Waals surface area contributed by atoms with Crippen LogP contribution in [0.3, 0.4) is 0 Å². The monoisotopic (exact) mass is 246 g/mol. The minimum Gasteiger partial charge on any atom is -0.441 e. The molecule has 1 aliphatic heterocycles. The summed E-state index contributed by atoms with van der Waals surface area (Å²) in [4.78, 5) is 13.7. The normalized spacial score (nSPS) is 22.2. The average molecular weight is 246 g/mol. The van der Waals surface area contributed by atoms with Crippen molar-refractivity contribution in [3.05, 3.63) is 24.3 Å². The summed E-state index contributed by atoms with van der Waals surface area (Å²) in [5.74, 6) is 0. The van der Waals surface area contributed by atoms with Crippen molar-refractivity contribution in [1.82, 2.24) is 0 Å². The maximum absolute atomic E-state index is 12.0. The molecule has 4 nitrogen and oxygen atoms in total. The number of hydrogen-bond donors (Lipinski definition) is 1. The van der Waals surface area contributed by atoms with Crippen LogP contribution in [0.4, 0.5) is 16.2 Å². The molecule has 2 aliphatic rings. The third kappa shape index (κ3) is 1.92. The van der Waals surface area contributed by atoms with Crippen LogP contribution in [-0.2, 0) is 4.74 Å². The average Bonchev–Trinajstić information content (AvgIpc) is 2.67. The Balaban J connectivity index is 1.84. The number of rotatable bonds is 1. The van der Waals surface area contributed by atoms with Crippen molar-refractivity contribution >= 4 is 17.5 Å². The molecule has 3 rings (SSSR count). The third-order valence-corrected chi connectivity index (χ3v) is 3.92. The van der Waals surface area contributed by atoms with E-state index in [1.165, 1.54) is 6.42 Å². The Morgan fingerprint density at radius 1 is 1.22 bits per heavy atom. The van der Waals surface area contributed by atoms with Crippen LogP contribution in [0.1, 0.15) is 32.1 Å². The van der Waals surface area contributed by atoms with Gasteiger partial charge in [-0.1, -0.05) is 12.5 Å². The van der Waals surface area contributed by atoms with Crippen LogP contribution in [0.5, 0.6) is 0 Å². The van der Waals surface area contributed by atoms with Gasteiger partial charge in [0.15, 0.2) is 0 Å². The number of carbonyl (C=O) groups excluding carboxylic acids is 1. The number of benzene rings is 1. The van der Waals surface area contributed by atoms with E-state index < -0.39 is 0 Å². The summed E-state index contributed by atoms with van der Waals surface area (Å²) in [6, 6.07) is 7.41. The topological polar surface area (TPSA) is 55.6 Å². The zero-order valence-electron chi connectivity index (χ0n) is 10.4. The number of ether oxygens (including phenoxy) is 1. The Labute approximate surface area is 107 Å². The summed E-state index contributed by atoms with van der Waals surface area (Å²) in [5.41, 5.74) is 7.02. The summed E-state index contributed by atoms with van der Waals surface area (Å²) < 4.78 is 5.64. The predicted octanol–water partition coefficient (Wildman–Crippen LogP) is 2.93. The fraction of sp³-hybridized carbons (Fsp3) is 0.500. The van der Waals surface area contributed by atoms with Gasteiger partial charge in [-0.05, 0) is 43.9 Å². The Morgan fingerprint density at radius 2 is 2.00 bits per heavy atom. The van der Waals surface area contributed by atoms with Gasteiger partial charge < -0.3 is 10.5 Å². The number of carbonyl (C=O) groups is 1. The summed E-state index contributed by atoms with van der Waals surface area (Å²) in [6.07, 6.45) is 5.28. The molecule has 0 unspecified atom stereocenters. The van der Waals surface area contributed by atoms with Gasteiger partial charge in [-0.15, -0.1) is 0 Å². The molecule has 1 saturated heterocycles. The molecule has 0 bridgehead atoms. The van der Waals surface area contributed by atoms with Crippen LogP contribution in [0.25, 0.3) is 0 Å². The molecule has 1 aromatic rings. The molecule has 1 amide bonds. The van der Waals surface area contributed by atoms with E-state index >= 15 is 0 Å². The SMILES string of the molecule is Nc1cccc(N2CC3(CCCCC3)OC2=O)c1. The van der Waals surface area contributed by atoms with Gasteiger partial charge in [-0.3, -0.25) is 4.90 Å². The van der Waals surface area contributed by atoms with Crippen LogP contribution in [0.15, 0.2) is 24.3 Å². The summed E-state index contributed by atoms with van der Waals surface area (Å²) in [5, 5.41) is 0. The molecule has 1 aliphatic carbocycles. The summed E-state index contributed by atoms with van der Waals surface area (Å²) >= 11 is 0. The molecule has 1 saturated carbocycles. The first-order valence-electron chi connectivity index (χ1n) is 6.55. The number of anilines is 2. The molecular formula is C14H18N2O2. The minimum absolute atomic E-state index is 0.234. The highest BCUT2D eigenvalue weighted by atomic mass is 16.6. The number of nitrogens with zero attached hydrogens (tertiary/aromatic N) is 1. The lowest BCUT2D eigenvalue weighted by Crippen LogP contribution is -2.36. The van der Waals surface area contributed by atoms with E-state index in [-0.39, 0.29) is 11.7 Å². The lowest BCUT2D eigenvalue weighted by Gasteiger charge is -2.30. The van der Waals surface area contributed by atoms with E-state index in [1.54, 1.807) is 4.90 Å². The fourth-order valence-electron chi connectivity index (χ4n) is 2.97. The molecule has 1 aromatic carbocycles. The first-order valence-corrected chi connectivity index (χ1v) is 6.55. The van der Waals surface area contributed by atoms with Gasteiger partial charge in [0.05, 0.1) is 6.54 Å². The zero-order chi connectivity index (χ0) is 12.6. The molecule has 4 heteroatoms. The second-order valence-corrected chi connectivity index (χ2v) is 5.29. The lowest BCUT2D eigenvalue weighted by molar-refractivity contribution is 0.0260. The van der Waals surface area contributed by atoms with Crippen LogP contribution < -0.4 is 10.6 Å². The zero-order valence-corrected chi connectivity index (χ0v) is 10.4. The van der Waals surface area contributed by atoms with E-state index in [9.17, 15) is 4.79 Å². The molecule has 0 radical (unpaired) electrons. The highest BCUT2D eigenvalue weighted by molar-refractivity contribution is 5.90. The standard InChI is InChI=1S/C14H18N2O2/c15-11-5-4-6-12(9-11)16-10-14(18-13(16)17)7-2-1-3-8-14/h4-6,9H,1-3,7-8,10,15H2. The Kier molecular flexibility index (Phi) is 2.65. The van der Waals surface area contributed by atoms with E-state index in [0.717, 1.165) is 31.4 Å². The molecular weight excluding hydrogens is 228 g/mol. The van der Waals surface area contributed by atoms with Crippen molar-refractivity contribution in [2.45, 2.75) is 37.7 Å². The lowest BCUT2D eigenvalue weighted by atomic mass is 9.85. The van der Waals surface area contributed by atoms with Crippen molar-refractivity contribution in [2.24, 2.45) is 0 Å². The van der Waals surface area contributed by atoms with Gasteiger partial charge in [-0.2, -0.15) is 0 Å². The van der Waals surface area contributed by atoms with Gasteiger partial charge in [0.2, 0.25) is 0 Å². The van der Waals surface area contributed by atoms with E-state index in [1.807, 2.05) is 24.3 Å². The van der Waals surface area contributed by atoms with Gasteiger partial charge in [0, 0.05) is 11.4 Å². The van der Waals surface area contributed by atoms with Crippen molar-refractivity contribution < 1.29 is 9.53 Å². The molecule has 2 fully saturated rings. The first-order chi connectivity index (χ1) is 8.69. The Hall–Kier alpha value is -1.71. The van der Waals surface area contributed by atoms with Crippen LogP contribution in [0.2, 0.25) is 0 Å². The smallest absolute Gasteiger partial charge is 0.415 e. The van der Waals surface area contributed by atoms with Gasteiger partial charge >= 0.3 is 6.09 Å². The highest BCUT2D eigenvalue weighted by Crippen LogP contribution is 2.38. The van der Waals surface area contributed by atoms with Crippen LogP contribution in [-0.4, -0.2) is 18.2 Å². The highest BCUT2D eigenvalue weighted by Gasteiger charge is 2.46. The quantitative estimate of drug-likeness (QED) is 0.775. The third-order valence-electron chi connectivity index (χ3n) is 3.92. The maximum atomic E-state index is 12.0. The van der Waals surface area contributed by atoms with E-state index in [2.05, 4.69) is 0 Å². The van der Waals surface area contributed by atoms with Gasteiger partial charge in [-0.25, -0.2) is 4.79 Å². The van der Waals surface area contributed by atoms with Crippen molar-refractivity contribution in [3.63, 3.8) is 0 Å². The van der Waals surface area contributed by atoms with Crippen molar-refractivity contribution in [3.8, 4) is 0 Å². The molecule has 96 valence electrons. The first kappa shape index (κ1) is 11.4. The van der Waals surface area contributed by atoms with Crippen LogP contribution >= 0.6 is 0 Å². The van der Waals surface area contributed by atoms with Crippen LogP contribution in [0, 0.1) is 0 Å². The molecule has 18 heavy (non-hydrogen) atoms. The maximum Gasteiger partial charge on any atom is 0.415 e. The van der Waals surface area contributed by atoms with Crippen molar-refractivity contribution in [2.75, 3.05) is 17.2 Å². The minimum atomic E-state index is -0.250. The number of nitrogens with two attached hydrogens (primary N) is 1. The number of amides is 1. The van der Waals surface area contributed by atoms with Gasteiger partial charge in [0.1, 0.15) is 5.60 Å². The van der Waals surface area contributed by atoms with E-state index in [0.29, 0.717) is 12.2 Å². The largest absolute Gasteiger partial charge is 0.441 e. The predicted molar refractivity (Wildman–Crippen MR) is 70.5 cm³/mol. The Morgan fingerprint density at radius 3 is 2.72 bits per heavy atom. The Bertz CT molecular complexity index is 467. The summed E-state index contributed by atoms with van der Waals surface area (Å²) in [7, 11) is 0. The number of nitrogen functional groups attached to an aromatic ring is 1. The second kappa shape index (κ2) is 4.19.